The second-order valence-corrected chi connectivity index (χ2v) is 3.31. The predicted molar refractivity (Wildman–Crippen MR) is 53.5 cm³/mol. The number of benzene rings is 1. The third kappa shape index (κ3) is 1.61. The first-order valence-electron chi connectivity index (χ1n) is 4.35. The topological polar surface area (TPSA) is 28.7 Å². The summed E-state index contributed by atoms with van der Waals surface area (Å²) in [5.41, 5.74) is 4.54. The molecule has 2 aromatic rings. The molecule has 2 rings (SSSR count). The molecule has 0 amide bonds. The van der Waals surface area contributed by atoms with Crippen LogP contribution in [0, 0.1) is 13.8 Å². The van der Waals surface area contributed by atoms with E-state index in [1.807, 2.05) is 6.92 Å². The number of aromatic amines is 1. The Morgan fingerprint density at radius 3 is 2.62 bits per heavy atom. The number of nitrogens with zero attached hydrogens (tertiary/aromatic N) is 1. The van der Waals surface area contributed by atoms with E-state index in [0.717, 1.165) is 11.4 Å². The molecule has 13 heavy (non-hydrogen) atoms. The Morgan fingerprint density at radius 1 is 1.15 bits per heavy atom. The van der Waals surface area contributed by atoms with Gasteiger partial charge in [-0.2, -0.15) is 5.10 Å². The molecule has 0 spiro atoms. The molecule has 0 saturated heterocycles. The summed E-state index contributed by atoms with van der Waals surface area (Å²) in [5, 5.41) is 7.14. The fourth-order valence-electron chi connectivity index (χ4n) is 1.37. The first-order valence-corrected chi connectivity index (χ1v) is 4.35. The van der Waals surface area contributed by atoms with E-state index in [4.69, 9.17) is 0 Å². The quantitative estimate of drug-likeness (QED) is 0.704. The van der Waals surface area contributed by atoms with Gasteiger partial charge in [0, 0.05) is 11.3 Å². The highest BCUT2D eigenvalue weighted by Gasteiger charge is 2.00. The van der Waals surface area contributed by atoms with Crippen LogP contribution in [0.1, 0.15) is 11.3 Å². The van der Waals surface area contributed by atoms with Crippen LogP contribution in [0.5, 0.6) is 0 Å². The molecule has 66 valence electrons. The fraction of sp³-hybridized carbons (Fsp3) is 0.182. The van der Waals surface area contributed by atoms with Crippen LogP contribution >= 0.6 is 0 Å². The molecule has 2 nitrogen and oxygen atoms in total. The molecule has 0 aliphatic carbocycles. The molecule has 1 heterocycles. The van der Waals surface area contributed by atoms with Gasteiger partial charge in [-0.25, -0.2) is 0 Å². The van der Waals surface area contributed by atoms with Crippen molar-refractivity contribution >= 4 is 0 Å². The first kappa shape index (κ1) is 8.05. The summed E-state index contributed by atoms with van der Waals surface area (Å²) in [6.45, 7) is 4.09. The van der Waals surface area contributed by atoms with E-state index in [0.29, 0.717) is 0 Å². The molecule has 0 atom stereocenters. The normalized spacial score (nSPS) is 10.3. The van der Waals surface area contributed by atoms with Gasteiger partial charge in [0.05, 0.1) is 5.69 Å². The largest absolute Gasteiger partial charge is 0.282 e. The van der Waals surface area contributed by atoms with Crippen LogP contribution in [0.4, 0.5) is 0 Å². The van der Waals surface area contributed by atoms with Gasteiger partial charge in [-0.15, -0.1) is 0 Å². The maximum atomic E-state index is 4.20. The van der Waals surface area contributed by atoms with Crippen LogP contribution in [0.15, 0.2) is 30.3 Å². The lowest BCUT2D eigenvalue weighted by Gasteiger charge is -1.96. The summed E-state index contributed by atoms with van der Waals surface area (Å²) in [5.74, 6) is 0. The van der Waals surface area contributed by atoms with E-state index in [2.05, 4.69) is 47.5 Å². The monoisotopic (exact) mass is 172 g/mol. The number of H-pyrrole nitrogens is 1. The average Bonchev–Trinajstić information content (AvgIpc) is 2.52. The molecule has 0 aliphatic heterocycles. The second-order valence-electron chi connectivity index (χ2n) is 3.31. The van der Waals surface area contributed by atoms with Gasteiger partial charge in [-0.05, 0) is 26.0 Å². The summed E-state index contributed by atoms with van der Waals surface area (Å²) in [6, 6.07) is 10.4. The van der Waals surface area contributed by atoms with Gasteiger partial charge in [0.2, 0.25) is 0 Å². The van der Waals surface area contributed by atoms with Crippen molar-refractivity contribution in [1.29, 1.82) is 0 Å². The molecule has 1 aromatic carbocycles. The van der Waals surface area contributed by atoms with Crippen molar-refractivity contribution in [2.75, 3.05) is 0 Å². The summed E-state index contributed by atoms with van der Waals surface area (Å²) in [6.07, 6.45) is 0. The maximum Gasteiger partial charge on any atom is 0.0923 e. The number of hydrogen-bond donors (Lipinski definition) is 1. The van der Waals surface area contributed by atoms with Crippen molar-refractivity contribution in [2.45, 2.75) is 13.8 Å². The molecular weight excluding hydrogens is 160 g/mol. The molecule has 0 fully saturated rings. The van der Waals surface area contributed by atoms with Crippen LogP contribution in [0.25, 0.3) is 11.3 Å². The van der Waals surface area contributed by atoms with Crippen LogP contribution in [-0.2, 0) is 0 Å². The average molecular weight is 172 g/mol. The van der Waals surface area contributed by atoms with E-state index in [9.17, 15) is 0 Å². The molecule has 1 aromatic heterocycles. The number of nitrogens with one attached hydrogen (secondary N) is 1. The lowest BCUT2D eigenvalue weighted by atomic mass is 10.1. The lowest BCUT2D eigenvalue weighted by molar-refractivity contribution is 1.05. The van der Waals surface area contributed by atoms with Gasteiger partial charge in [-0.3, -0.25) is 5.10 Å². The molecule has 0 radical (unpaired) electrons. The number of rotatable bonds is 1. The Kier molecular flexibility index (Phi) is 1.89. The third-order valence-corrected chi connectivity index (χ3v) is 2.02. The van der Waals surface area contributed by atoms with Crippen molar-refractivity contribution in [3.05, 3.63) is 41.6 Å². The molecule has 1 N–H and O–H groups in total. The van der Waals surface area contributed by atoms with Gasteiger partial charge >= 0.3 is 0 Å². The van der Waals surface area contributed by atoms with Crippen LogP contribution in [0.2, 0.25) is 0 Å². The zero-order chi connectivity index (χ0) is 9.26. The molecule has 0 aliphatic rings. The van der Waals surface area contributed by atoms with Crippen LogP contribution in [0.3, 0.4) is 0 Å². The number of aromatic nitrogens is 2. The number of aryl methyl sites for hydroxylation is 2. The van der Waals surface area contributed by atoms with Crippen LogP contribution in [-0.4, -0.2) is 10.2 Å². The minimum Gasteiger partial charge on any atom is -0.282 e. The molecular formula is C11H12N2. The first-order chi connectivity index (χ1) is 6.25. The highest BCUT2D eigenvalue weighted by molar-refractivity contribution is 5.59. The van der Waals surface area contributed by atoms with Crippen molar-refractivity contribution in [1.82, 2.24) is 10.2 Å². The van der Waals surface area contributed by atoms with Crippen molar-refractivity contribution in [3.8, 4) is 11.3 Å². The molecule has 2 heteroatoms. The van der Waals surface area contributed by atoms with Gasteiger partial charge in [-0.1, -0.05) is 23.8 Å². The van der Waals surface area contributed by atoms with Crippen molar-refractivity contribution < 1.29 is 0 Å². The van der Waals surface area contributed by atoms with E-state index in [1.165, 1.54) is 11.1 Å². The summed E-state index contributed by atoms with van der Waals surface area (Å²) in [7, 11) is 0. The maximum absolute atomic E-state index is 4.20. The standard InChI is InChI=1S/C11H12N2/c1-8-4-3-5-10(6-8)11-7-9(2)12-13-11/h3-7H,1-2H3,(H,12,13). The number of hydrogen-bond acceptors (Lipinski definition) is 1. The van der Waals surface area contributed by atoms with Crippen molar-refractivity contribution in [3.63, 3.8) is 0 Å². The Labute approximate surface area is 77.6 Å². The van der Waals surface area contributed by atoms with Crippen molar-refractivity contribution in [2.24, 2.45) is 0 Å². The van der Waals surface area contributed by atoms with E-state index >= 15 is 0 Å². The Morgan fingerprint density at radius 2 is 2.00 bits per heavy atom. The molecule has 0 saturated carbocycles. The van der Waals surface area contributed by atoms with E-state index < -0.39 is 0 Å². The molecule has 0 bridgehead atoms. The third-order valence-electron chi connectivity index (χ3n) is 2.02. The zero-order valence-corrected chi connectivity index (χ0v) is 7.83. The molecule has 0 unspecified atom stereocenters. The second kappa shape index (κ2) is 3.05. The zero-order valence-electron chi connectivity index (χ0n) is 7.83. The van der Waals surface area contributed by atoms with Crippen LogP contribution < -0.4 is 0 Å². The Bertz CT molecular complexity index is 416. The Balaban J connectivity index is 2.46. The lowest BCUT2D eigenvalue weighted by Crippen LogP contribution is -1.78. The summed E-state index contributed by atoms with van der Waals surface area (Å²) in [4.78, 5) is 0. The SMILES string of the molecule is Cc1cccc(-c2cc(C)[nH]n2)c1. The summed E-state index contributed by atoms with van der Waals surface area (Å²) >= 11 is 0. The van der Waals surface area contributed by atoms with Gasteiger partial charge in [0.1, 0.15) is 0 Å². The smallest absolute Gasteiger partial charge is 0.0923 e. The minimum absolute atomic E-state index is 1.02. The van der Waals surface area contributed by atoms with Gasteiger partial charge in [0.15, 0.2) is 0 Å². The minimum atomic E-state index is 1.02. The predicted octanol–water partition coefficient (Wildman–Crippen LogP) is 2.69. The van der Waals surface area contributed by atoms with E-state index in [-0.39, 0.29) is 0 Å². The highest BCUT2D eigenvalue weighted by atomic mass is 15.1. The fourth-order valence-corrected chi connectivity index (χ4v) is 1.37. The highest BCUT2D eigenvalue weighted by Crippen LogP contribution is 2.18. The van der Waals surface area contributed by atoms with E-state index in [1.54, 1.807) is 0 Å². The van der Waals surface area contributed by atoms with Gasteiger partial charge in [0.25, 0.3) is 0 Å². The Hall–Kier alpha value is -1.57. The summed E-state index contributed by atoms with van der Waals surface area (Å²) < 4.78 is 0. The van der Waals surface area contributed by atoms with Gasteiger partial charge < -0.3 is 0 Å².